The summed E-state index contributed by atoms with van der Waals surface area (Å²) in [5.74, 6) is 4.99. The number of rotatable bonds is 3. The fourth-order valence-electron chi connectivity index (χ4n) is 5.51. The average molecular weight is 264 g/mol. The molecule has 2 N–H and O–H groups in total. The third kappa shape index (κ3) is 2.45. The molecule has 4 bridgehead atoms. The van der Waals surface area contributed by atoms with Crippen molar-refractivity contribution in [1.82, 2.24) is 5.06 Å². The van der Waals surface area contributed by atoms with E-state index < -0.39 is 0 Å². The van der Waals surface area contributed by atoms with E-state index in [1.807, 2.05) is 0 Å². The molecule has 0 spiro atoms. The molecule has 0 atom stereocenters. The molecule has 5 fully saturated rings. The van der Waals surface area contributed by atoms with Crippen LogP contribution >= 0.6 is 0 Å². The maximum absolute atomic E-state index is 6.13. The Kier molecular flexibility index (Phi) is 3.33. The first-order valence-electron chi connectivity index (χ1n) is 8.41. The topological polar surface area (TPSA) is 38.5 Å². The second-order valence-corrected chi connectivity index (χ2v) is 7.66. The minimum atomic E-state index is 0.404. The Balaban J connectivity index is 1.31. The van der Waals surface area contributed by atoms with E-state index in [0.29, 0.717) is 6.04 Å². The molecule has 19 heavy (non-hydrogen) atoms. The summed E-state index contributed by atoms with van der Waals surface area (Å²) >= 11 is 0. The van der Waals surface area contributed by atoms with Crippen molar-refractivity contribution in [2.75, 3.05) is 19.7 Å². The minimum absolute atomic E-state index is 0.404. The predicted molar refractivity (Wildman–Crippen MR) is 75.3 cm³/mol. The van der Waals surface area contributed by atoms with Gasteiger partial charge in [0.25, 0.3) is 0 Å². The van der Waals surface area contributed by atoms with Crippen LogP contribution < -0.4 is 5.73 Å². The van der Waals surface area contributed by atoms with Gasteiger partial charge in [-0.05, 0) is 74.5 Å². The highest BCUT2D eigenvalue weighted by Crippen LogP contribution is 2.56. The molecule has 0 aromatic heterocycles. The lowest BCUT2D eigenvalue weighted by Crippen LogP contribution is -2.48. The monoisotopic (exact) mass is 264 g/mol. The van der Waals surface area contributed by atoms with Crippen LogP contribution in [0.15, 0.2) is 0 Å². The first kappa shape index (κ1) is 12.6. The van der Waals surface area contributed by atoms with Crippen LogP contribution in [-0.4, -0.2) is 30.8 Å². The Bertz CT molecular complexity index is 297. The molecule has 0 unspecified atom stereocenters. The highest BCUT2D eigenvalue weighted by Gasteiger charge is 2.48. The van der Waals surface area contributed by atoms with Gasteiger partial charge in [0.2, 0.25) is 0 Å². The van der Waals surface area contributed by atoms with Gasteiger partial charge < -0.3 is 5.73 Å². The van der Waals surface area contributed by atoms with E-state index in [1.165, 1.54) is 25.7 Å². The first-order chi connectivity index (χ1) is 9.28. The first-order valence-corrected chi connectivity index (χ1v) is 8.41. The molecule has 0 aromatic carbocycles. The lowest BCUT2D eigenvalue weighted by atomic mass is 9.52. The van der Waals surface area contributed by atoms with Crippen LogP contribution in [0.4, 0.5) is 0 Å². The Morgan fingerprint density at radius 3 is 2.05 bits per heavy atom. The molecule has 0 aromatic rings. The Hall–Kier alpha value is -0.120. The summed E-state index contributed by atoms with van der Waals surface area (Å²) in [7, 11) is 0. The highest BCUT2D eigenvalue weighted by atomic mass is 16.7. The Labute approximate surface area is 116 Å². The second-order valence-electron chi connectivity index (χ2n) is 7.66. The molecule has 3 heteroatoms. The second kappa shape index (κ2) is 5.01. The normalized spacial score (nSPS) is 46.9. The summed E-state index contributed by atoms with van der Waals surface area (Å²) in [5, 5.41) is 2.19. The van der Waals surface area contributed by atoms with Gasteiger partial charge in [0.05, 0.1) is 6.61 Å². The number of hydrogen-bond acceptors (Lipinski definition) is 3. The fraction of sp³-hybridized carbons (Fsp3) is 1.00. The highest BCUT2D eigenvalue weighted by molar-refractivity contribution is 4.97. The summed E-state index contributed by atoms with van der Waals surface area (Å²) < 4.78 is 0. The Morgan fingerprint density at radius 2 is 1.47 bits per heavy atom. The summed E-state index contributed by atoms with van der Waals surface area (Å²) in [6.45, 7) is 3.06. The fourth-order valence-corrected chi connectivity index (χ4v) is 5.51. The molecule has 5 rings (SSSR count). The number of hydrogen-bond donors (Lipinski definition) is 1. The molecule has 5 aliphatic rings. The van der Waals surface area contributed by atoms with Gasteiger partial charge in [0.15, 0.2) is 0 Å². The van der Waals surface area contributed by atoms with Gasteiger partial charge in [-0.25, -0.2) is 0 Å². The van der Waals surface area contributed by atoms with Gasteiger partial charge in [-0.3, -0.25) is 4.84 Å². The van der Waals surface area contributed by atoms with Crippen molar-refractivity contribution in [2.24, 2.45) is 35.3 Å². The Morgan fingerprint density at radius 1 is 0.895 bits per heavy atom. The third-order valence-electron chi connectivity index (χ3n) is 6.37. The van der Waals surface area contributed by atoms with Crippen LogP contribution in [0, 0.1) is 29.6 Å². The quantitative estimate of drug-likeness (QED) is 0.851. The largest absolute Gasteiger partial charge is 0.328 e. The molecule has 1 heterocycles. The summed E-state index contributed by atoms with van der Waals surface area (Å²) in [6.07, 6.45) is 9.77. The van der Waals surface area contributed by atoms with Crippen molar-refractivity contribution in [3.8, 4) is 0 Å². The standard InChI is InChI=1S/C16H28N2O/c17-15-1-3-18(4-2-15)19-10-16-13-6-11-5-12(8-13)9-14(16)7-11/h11-16H,1-10,17H2. The average Bonchev–Trinajstić information content (AvgIpc) is 2.39. The van der Waals surface area contributed by atoms with Gasteiger partial charge >= 0.3 is 0 Å². The lowest BCUT2D eigenvalue weighted by molar-refractivity contribution is -0.201. The van der Waals surface area contributed by atoms with E-state index >= 15 is 0 Å². The van der Waals surface area contributed by atoms with Crippen LogP contribution in [0.1, 0.15) is 44.9 Å². The lowest BCUT2D eigenvalue weighted by Gasteiger charge is -2.54. The molecule has 108 valence electrons. The number of hydroxylamine groups is 2. The van der Waals surface area contributed by atoms with Crippen molar-refractivity contribution >= 4 is 0 Å². The van der Waals surface area contributed by atoms with E-state index in [9.17, 15) is 0 Å². The zero-order valence-corrected chi connectivity index (χ0v) is 12.0. The molecular weight excluding hydrogens is 236 g/mol. The van der Waals surface area contributed by atoms with Gasteiger partial charge in [0.1, 0.15) is 0 Å². The van der Waals surface area contributed by atoms with Crippen molar-refractivity contribution in [3.05, 3.63) is 0 Å². The SMILES string of the molecule is NC1CCN(OCC2C3CC4CC(C3)CC2C4)CC1. The van der Waals surface area contributed by atoms with E-state index in [-0.39, 0.29) is 0 Å². The van der Waals surface area contributed by atoms with E-state index in [0.717, 1.165) is 62.1 Å². The summed E-state index contributed by atoms with van der Waals surface area (Å²) in [5.41, 5.74) is 5.95. The minimum Gasteiger partial charge on any atom is -0.328 e. The smallest absolute Gasteiger partial charge is 0.0718 e. The van der Waals surface area contributed by atoms with Crippen LogP contribution in [0.25, 0.3) is 0 Å². The van der Waals surface area contributed by atoms with Gasteiger partial charge in [-0.2, -0.15) is 5.06 Å². The molecule has 1 aliphatic heterocycles. The zero-order chi connectivity index (χ0) is 12.8. The van der Waals surface area contributed by atoms with Gasteiger partial charge in [-0.15, -0.1) is 0 Å². The summed E-state index contributed by atoms with van der Waals surface area (Å²) in [4.78, 5) is 6.13. The number of nitrogens with two attached hydrogens (primary N) is 1. The van der Waals surface area contributed by atoms with Crippen molar-refractivity contribution in [1.29, 1.82) is 0 Å². The molecule has 4 aliphatic carbocycles. The van der Waals surface area contributed by atoms with Crippen LogP contribution in [0.3, 0.4) is 0 Å². The van der Waals surface area contributed by atoms with Crippen molar-refractivity contribution in [3.63, 3.8) is 0 Å². The molecule has 0 radical (unpaired) electrons. The summed E-state index contributed by atoms with van der Waals surface area (Å²) in [6, 6.07) is 0.404. The zero-order valence-electron chi connectivity index (χ0n) is 12.0. The molecule has 1 saturated heterocycles. The van der Waals surface area contributed by atoms with E-state index in [2.05, 4.69) is 5.06 Å². The van der Waals surface area contributed by atoms with E-state index in [1.54, 1.807) is 6.42 Å². The van der Waals surface area contributed by atoms with E-state index in [4.69, 9.17) is 10.6 Å². The van der Waals surface area contributed by atoms with Crippen molar-refractivity contribution < 1.29 is 4.84 Å². The molecular formula is C16H28N2O. The maximum atomic E-state index is 6.13. The predicted octanol–water partition coefficient (Wildman–Crippen LogP) is 2.41. The van der Waals surface area contributed by atoms with Gasteiger partial charge in [0, 0.05) is 19.1 Å². The van der Waals surface area contributed by atoms with Crippen LogP contribution in [0.5, 0.6) is 0 Å². The van der Waals surface area contributed by atoms with Gasteiger partial charge in [-0.1, -0.05) is 0 Å². The molecule has 3 nitrogen and oxygen atoms in total. The van der Waals surface area contributed by atoms with Crippen LogP contribution in [-0.2, 0) is 4.84 Å². The number of nitrogens with zero attached hydrogens (tertiary/aromatic N) is 1. The third-order valence-corrected chi connectivity index (χ3v) is 6.37. The molecule has 4 saturated carbocycles. The molecule has 0 amide bonds. The van der Waals surface area contributed by atoms with Crippen LogP contribution in [0.2, 0.25) is 0 Å². The number of piperidine rings is 1. The van der Waals surface area contributed by atoms with Crippen molar-refractivity contribution in [2.45, 2.75) is 51.0 Å². The maximum Gasteiger partial charge on any atom is 0.0718 e.